The van der Waals surface area contributed by atoms with E-state index in [1.54, 1.807) is 35.9 Å². The predicted molar refractivity (Wildman–Crippen MR) is 166 cm³/mol. The first kappa shape index (κ1) is 29.9. The van der Waals surface area contributed by atoms with Gasteiger partial charge in [-0.2, -0.15) is 0 Å². The summed E-state index contributed by atoms with van der Waals surface area (Å²) >= 11 is 0. The van der Waals surface area contributed by atoms with Crippen molar-refractivity contribution >= 4 is 23.7 Å². The summed E-state index contributed by atoms with van der Waals surface area (Å²) in [6.07, 6.45) is 4.65. The van der Waals surface area contributed by atoms with Crippen molar-refractivity contribution in [1.82, 2.24) is 19.9 Å². The van der Waals surface area contributed by atoms with Gasteiger partial charge in [-0.05, 0) is 55.9 Å². The number of hydrogen-bond donors (Lipinski definition) is 4. The van der Waals surface area contributed by atoms with Crippen molar-refractivity contribution in [3.8, 4) is 5.75 Å². The first-order valence-corrected chi connectivity index (χ1v) is 14.6. The molecule has 11 nitrogen and oxygen atoms in total. The average Bonchev–Trinajstić information content (AvgIpc) is 3.72. The van der Waals surface area contributed by atoms with Crippen LogP contribution in [-0.4, -0.2) is 39.0 Å². The van der Waals surface area contributed by atoms with Crippen LogP contribution in [0.5, 0.6) is 5.75 Å². The highest BCUT2D eigenvalue weighted by Gasteiger charge is 2.43. The molecule has 0 spiro atoms. The van der Waals surface area contributed by atoms with Gasteiger partial charge in [0.05, 0.1) is 24.5 Å². The molecule has 0 radical (unpaired) electrons. The topological polar surface area (TPSA) is 155 Å². The number of hydrogen-bond acceptors (Lipinski definition) is 8. The van der Waals surface area contributed by atoms with Crippen LogP contribution in [0.25, 0.3) is 0 Å². The van der Waals surface area contributed by atoms with Gasteiger partial charge in [-0.15, -0.1) is 0 Å². The minimum absolute atomic E-state index is 0. The number of nitrogens with zero attached hydrogens (tertiary/aromatic N) is 3. The number of carbonyl (C=O) groups is 2. The molecule has 0 unspecified atom stereocenters. The maximum Gasteiger partial charge on any atom is 0.376 e. The van der Waals surface area contributed by atoms with Crippen molar-refractivity contribution in [3.63, 3.8) is 0 Å². The van der Waals surface area contributed by atoms with Crippen LogP contribution in [-0.2, 0) is 10.2 Å². The number of pyridine rings is 1. The van der Waals surface area contributed by atoms with Gasteiger partial charge in [0, 0.05) is 19.7 Å². The molecule has 2 amide bonds. The maximum absolute atomic E-state index is 13.2. The van der Waals surface area contributed by atoms with E-state index >= 15 is 0 Å². The second kappa shape index (κ2) is 11.6. The molecule has 4 N–H and O–H groups in total. The van der Waals surface area contributed by atoms with Gasteiger partial charge >= 0.3 is 12.0 Å². The molecular formula is C32H43N7O4. The molecule has 43 heavy (non-hydrogen) atoms. The number of anilines is 1. The summed E-state index contributed by atoms with van der Waals surface area (Å²) in [5, 5.41) is 22.7. The first-order valence-electron chi connectivity index (χ1n) is 14.6. The summed E-state index contributed by atoms with van der Waals surface area (Å²) in [5.74, 6) is 0.460. The Balaban J connectivity index is 0.00000276. The molecule has 0 aliphatic heterocycles. The second-order valence-corrected chi connectivity index (χ2v) is 12.4. The summed E-state index contributed by atoms with van der Waals surface area (Å²) in [6, 6.07) is 12.2. The Morgan fingerprint density at radius 1 is 1.12 bits per heavy atom. The Kier molecular flexibility index (Phi) is 8.09. The van der Waals surface area contributed by atoms with Crippen molar-refractivity contribution in [2.75, 3.05) is 11.9 Å². The van der Waals surface area contributed by atoms with Crippen molar-refractivity contribution in [2.45, 2.75) is 77.9 Å². The summed E-state index contributed by atoms with van der Waals surface area (Å²) < 4.78 is 13.1. The van der Waals surface area contributed by atoms with Crippen molar-refractivity contribution in [1.29, 1.82) is 10.8 Å². The highest BCUT2D eigenvalue weighted by Crippen LogP contribution is 2.46. The van der Waals surface area contributed by atoms with Gasteiger partial charge < -0.3 is 14.8 Å². The SMILES string of the molecule is CCOC(=O)c1nc(NC(=O)N[C@H]2CC[C@@H](Oc3ccc(=N)n(C(=N)C4(C)CC4)c3)c3ccccc32)cc(C(C)(C)C)n1.[HH].[HH]. The molecule has 230 valence electrons. The van der Waals surface area contributed by atoms with Gasteiger partial charge in [-0.25, -0.2) is 19.6 Å². The van der Waals surface area contributed by atoms with Gasteiger partial charge in [0.2, 0.25) is 5.82 Å². The lowest BCUT2D eigenvalue weighted by Crippen LogP contribution is -2.36. The summed E-state index contributed by atoms with van der Waals surface area (Å²) in [5.41, 5.74) is 2.19. The lowest BCUT2D eigenvalue weighted by Gasteiger charge is -2.32. The molecule has 1 fully saturated rings. The third-order valence-electron chi connectivity index (χ3n) is 7.95. The van der Waals surface area contributed by atoms with Crippen LogP contribution in [0.1, 0.15) is 103 Å². The Labute approximate surface area is 254 Å². The number of benzene rings is 1. The molecule has 2 atom stereocenters. The van der Waals surface area contributed by atoms with Gasteiger partial charge in [-0.1, -0.05) is 52.0 Å². The first-order chi connectivity index (χ1) is 20.4. The van der Waals surface area contributed by atoms with Gasteiger partial charge in [-0.3, -0.25) is 20.7 Å². The highest BCUT2D eigenvalue weighted by molar-refractivity contribution is 5.90. The van der Waals surface area contributed by atoms with Crippen molar-refractivity contribution in [2.24, 2.45) is 5.41 Å². The zero-order chi connectivity index (χ0) is 30.9. The van der Waals surface area contributed by atoms with E-state index in [0.29, 0.717) is 30.1 Å². The van der Waals surface area contributed by atoms with Crippen LogP contribution in [0.3, 0.4) is 0 Å². The van der Waals surface area contributed by atoms with Crippen LogP contribution in [0.4, 0.5) is 10.6 Å². The van der Waals surface area contributed by atoms with Crippen LogP contribution in [0, 0.1) is 16.2 Å². The molecule has 2 heterocycles. The molecule has 0 saturated heterocycles. The van der Waals surface area contributed by atoms with E-state index in [1.807, 2.05) is 52.0 Å². The lowest BCUT2D eigenvalue weighted by atomic mass is 9.85. The predicted octanol–water partition coefficient (Wildman–Crippen LogP) is 6.13. The van der Waals surface area contributed by atoms with Crippen LogP contribution >= 0.6 is 0 Å². The molecule has 0 bridgehead atoms. The average molecular weight is 590 g/mol. The van der Waals surface area contributed by atoms with Gasteiger partial charge in [0.15, 0.2) is 0 Å². The normalized spacial score (nSPS) is 18.6. The van der Waals surface area contributed by atoms with Gasteiger partial charge in [0.1, 0.15) is 29.0 Å². The fourth-order valence-electron chi connectivity index (χ4n) is 5.13. The van der Waals surface area contributed by atoms with Gasteiger partial charge in [0.25, 0.3) is 0 Å². The van der Waals surface area contributed by atoms with Crippen molar-refractivity contribution in [3.05, 3.63) is 76.8 Å². The fraction of sp³-hybridized carbons (Fsp3) is 0.438. The minimum Gasteiger partial charge on any atom is -0.484 e. The van der Waals surface area contributed by atoms with E-state index in [1.165, 1.54) is 0 Å². The smallest absolute Gasteiger partial charge is 0.376 e. The number of esters is 1. The molecule has 1 saturated carbocycles. The maximum atomic E-state index is 13.2. The third-order valence-corrected chi connectivity index (χ3v) is 7.95. The zero-order valence-electron chi connectivity index (χ0n) is 25.3. The molecule has 11 heteroatoms. The largest absolute Gasteiger partial charge is 0.484 e. The second-order valence-electron chi connectivity index (χ2n) is 12.4. The number of rotatable bonds is 7. The summed E-state index contributed by atoms with van der Waals surface area (Å²) in [7, 11) is 0. The monoisotopic (exact) mass is 589 g/mol. The summed E-state index contributed by atoms with van der Waals surface area (Å²) in [6.45, 7) is 9.83. The van der Waals surface area contributed by atoms with E-state index in [0.717, 1.165) is 24.0 Å². The molecule has 2 aliphatic carbocycles. The lowest BCUT2D eigenvalue weighted by molar-refractivity contribution is 0.0511. The zero-order valence-corrected chi connectivity index (χ0v) is 25.3. The van der Waals surface area contributed by atoms with Crippen molar-refractivity contribution < 1.29 is 21.9 Å². The molecule has 1 aromatic carbocycles. The molecular weight excluding hydrogens is 546 g/mol. The number of carbonyl (C=O) groups excluding carboxylic acids is 2. The van der Waals surface area contributed by atoms with E-state index in [-0.39, 0.29) is 49.6 Å². The van der Waals surface area contributed by atoms with Crippen LogP contribution in [0.2, 0.25) is 0 Å². The van der Waals surface area contributed by atoms with E-state index in [9.17, 15) is 9.59 Å². The number of amides is 2. The number of ether oxygens (including phenoxy) is 2. The number of fused-ring (bicyclic) bond motifs is 1. The fourth-order valence-corrected chi connectivity index (χ4v) is 5.13. The molecule has 2 aliphatic rings. The third kappa shape index (κ3) is 6.60. The van der Waals surface area contributed by atoms with E-state index in [2.05, 4.69) is 20.6 Å². The number of aromatic nitrogens is 3. The Hall–Kier alpha value is -4.54. The van der Waals surface area contributed by atoms with E-state index in [4.69, 9.17) is 20.3 Å². The Morgan fingerprint density at radius 3 is 2.51 bits per heavy atom. The molecule has 2 aromatic heterocycles. The summed E-state index contributed by atoms with van der Waals surface area (Å²) in [4.78, 5) is 34.2. The van der Waals surface area contributed by atoms with Crippen LogP contribution in [0.15, 0.2) is 48.7 Å². The quantitative estimate of drug-likeness (QED) is 0.148. The molecule has 3 aromatic rings. The minimum atomic E-state index is -0.647. The highest BCUT2D eigenvalue weighted by atomic mass is 16.5. The van der Waals surface area contributed by atoms with E-state index < -0.39 is 12.0 Å². The van der Waals surface area contributed by atoms with Crippen LogP contribution < -0.4 is 20.9 Å². The number of urea groups is 1. The Bertz CT molecular complexity index is 1630. The Morgan fingerprint density at radius 2 is 1.84 bits per heavy atom. The molecule has 5 rings (SSSR count). The standard InChI is InChI=1S/C32H39N7O4.2H2/c1-6-42-28(40)27-36-24(31(2,3)4)17-26(37-27)38-30(41)35-22-12-13-23(21-10-8-7-9-20(21)22)43-19-11-14-25(33)39(18-19)29(34)32(5)15-16-32;;/h7-11,14,17-18,22-23,33-34H,6,12-13,15-16H2,1-5H3,(H2,35,36,37,38,41);2*1H/t22-,23+;;/m0../s1. The number of nitrogens with one attached hydrogen (secondary N) is 4.